The third-order valence-electron chi connectivity index (χ3n) is 13.4. The smallest absolute Gasteiger partial charge is 0.0835 e. The minimum absolute atomic E-state index is 0.0633. The molecule has 2 saturated heterocycles. The molecule has 4 saturated carbocycles. The van der Waals surface area contributed by atoms with Gasteiger partial charge in [-0.25, -0.2) is 0 Å². The molecule has 6 aliphatic rings. The summed E-state index contributed by atoms with van der Waals surface area (Å²) in [5.74, 6) is 1.07. The van der Waals surface area contributed by atoms with E-state index in [0.717, 1.165) is 51.4 Å². The van der Waals surface area contributed by atoms with Gasteiger partial charge in [0.1, 0.15) is 0 Å². The fourth-order valence-corrected chi connectivity index (χ4v) is 11.6. The van der Waals surface area contributed by atoms with Crippen molar-refractivity contribution < 1.29 is 29.9 Å². The van der Waals surface area contributed by atoms with Gasteiger partial charge in [0.25, 0.3) is 0 Å². The minimum Gasteiger partial charge on any atom is -0.393 e. The Morgan fingerprint density at radius 3 is 1.18 bits per heavy atom. The average molecular weight is 537 g/mol. The summed E-state index contributed by atoms with van der Waals surface area (Å²) < 4.78 is 11.9. The third-order valence-corrected chi connectivity index (χ3v) is 13.4. The van der Waals surface area contributed by atoms with E-state index in [0.29, 0.717) is 25.0 Å². The van der Waals surface area contributed by atoms with E-state index in [2.05, 4.69) is 55.4 Å². The van der Waals surface area contributed by atoms with Crippen molar-refractivity contribution in [1.82, 2.24) is 0 Å². The standard InChI is InChI=1S/2C16H28O3/c2*1-14(2)7-6-12(18)16(4)11(14)5-8-15(3)13(16)10(17)9-19-15/h2*10-13,17-18H,5-9H2,1-4H3/t10-,11+,12+,13-,15-,16-;/m1./s1. The molecule has 0 aromatic rings. The first-order valence-electron chi connectivity index (χ1n) is 15.4. The summed E-state index contributed by atoms with van der Waals surface area (Å²) in [6.45, 7) is 18.8. The van der Waals surface area contributed by atoms with Crippen molar-refractivity contribution >= 4 is 0 Å². The monoisotopic (exact) mass is 536 g/mol. The predicted octanol–water partition coefficient (Wildman–Crippen LogP) is 4.70. The molecule has 4 aliphatic carbocycles. The van der Waals surface area contributed by atoms with Gasteiger partial charge in [-0.2, -0.15) is 0 Å². The Labute approximate surface area is 230 Å². The second-order valence-corrected chi connectivity index (χ2v) is 16.3. The van der Waals surface area contributed by atoms with Crippen molar-refractivity contribution in [2.45, 2.75) is 142 Å². The number of hydrogen-bond donors (Lipinski definition) is 4. The average Bonchev–Trinajstić information content (AvgIpc) is 3.31. The Hall–Kier alpha value is -0.240. The Bertz CT molecular complexity index is 832. The molecular weight excluding hydrogens is 480 g/mol. The van der Waals surface area contributed by atoms with Crippen molar-refractivity contribution in [2.75, 3.05) is 13.2 Å². The van der Waals surface area contributed by atoms with Gasteiger partial charge in [-0.15, -0.1) is 0 Å². The summed E-state index contributed by atoms with van der Waals surface area (Å²) in [6.07, 6.45) is 6.57. The van der Waals surface area contributed by atoms with E-state index in [9.17, 15) is 20.4 Å². The largest absolute Gasteiger partial charge is 0.393 e. The molecule has 6 nitrogen and oxygen atoms in total. The highest BCUT2D eigenvalue weighted by molar-refractivity contribution is 5.16. The molecule has 38 heavy (non-hydrogen) atoms. The topological polar surface area (TPSA) is 99.4 Å². The summed E-state index contributed by atoms with van der Waals surface area (Å²) >= 11 is 0. The first-order chi connectivity index (χ1) is 17.4. The lowest BCUT2D eigenvalue weighted by Crippen LogP contribution is -2.63. The lowest BCUT2D eigenvalue weighted by molar-refractivity contribution is -0.205. The molecule has 2 aliphatic heterocycles. The van der Waals surface area contributed by atoms with Crippen LogP contribution in [0, 0.1) is 45.3 Å². The van der Waals surface area contributed by atoms with E-state index >= 15 is 0 Å². The molecule has 6 fully saturated rings. The molecule has 0 amide bonds. The molecule has 220 valence electrons. The molecule has 0 aromatic carbocycles. The Morgan fingerprint density at radius 1 is 0.500 bits per heavy atom. The number of hydrogen-bond acceptors (Lipinski definition) is 6. The first kappa shape index (κ1) is 29.3. The van der Waals surface area contributed by atoms with Crippen LogP contribution in [0.3, 0.4) is 0 Å². The van der Waals surface area contributed by atoms with E-state index in [1.54, 1.807) is 0 Å². The van der Waals surface area contributed by atoms with Crippen molar-refractivity contribution in [1.29, 1.82) is 0 Å². The number of ether oxygens (including phenoxy) is 2. The Morgan fingerprint density at radius 2 is 0.842 bits per heavy atom. The minimum atomic E-state index is -0.429. The lowest BCUT2D eigenvalue weighted by atomic mass is 9.44. The molecular formula is C32H56O6. The third kappa shape index (κ3) is 4.01. The van der Waals surface area contributed by atoms with Crippen molar-refractivity contribution in [3.63, 3.8) is 0 Å². The Kier molecular flexibility index (Phi) is 7.03. The number of rotatable bonds is 0. The second kappa shape index (κ2) is 9.13. The molecule has 0 spiro atoms. The summed E-state index contributed by atoms with van der Waals surface area (Å²) in [6, 6.07) is 0. The SMILES string of the molecule is CC1(C)CCC(O)C2(C)C1CCC1(C)OCC(O)C12.CC1(C)CC[C@H](O)[C@@]2(C)[C@H]1CC[C@@]1(C)OC[C@@H](O)[C@@H]21. The second-order valence-electron chi connectivity index (χ2n) is 16.3. The quantitative estimate of drug-likeness (QED) is 0.358. The zero-order valence-corrected chi connectivity index (χ0v) is 25.3. The van der Waals surface area contributed by atoms with Crippen LogP contribution in [0.1, 0.15) is 107 Å². The van der Waals surface area contributed by atoms with Crippen LogP contribution in [-0.4, -0.2) is 69.3 Å². The van der Waals surface area contributed by atoms with Gasteiger partial charge in [0, 0.05) is 22.7 Å². The normalized spacial score (nSPS) is 56.5. The predicted molar refractivity (Wildman–Crippen MR) is 147 cm³/mol. The van der Waals surface area contributed by atoms with Crippen LogP contribution >= 0.6 is 0 Å². The lowest BCUT2D eigenvalue weighted by Gasteiger charge is -2.62. The van der Waals surface area contributed by atoms with Crippen molar-refractivity contribution in [2.24, 2.45) is 45.3 Å². The summed E-state index contributed by atoms with van der Waals surface area (Å²) in [4.78, 5) is 0. The van der Waals surface area contributed by atoms with Gasteiger partial charge in [-0.05, 0) is 87.9 Å². The molecule has 6 rings (SSSR count). The van der Waals surface area contributed by atoms with Gasteiger partial charge in [0.05, 0.1) is 48.8 Å². The maximum Gasteiger partial charge on any atom is 0.0835 e. The molecule has 6 heteroatoms. The van der Waals surface area contributed by atoms with Gasteiger partial charge in [-0.1, -0.05) is 41.5 Å². The van der Waals surface area contributed by atoms with Crippen LogP contribution in [0.15, 0.2) is 0 Å². The van der Waals surface area contributed by atoms with E-state index < -0.39 is 12.2 Å². The Balaban J connectivity index is 0.000000155. The van der Waals surface area contributed by atoms with Crippen LogP contribution in [0.5, 0.6) is 0 Å². The zero-order valence-electron chi connectivity index (χ0n) is 25.3. The summed E-state index contributed by atoms with van der Waals surface area (Å²) in [7, 11) is 0. The van der Waals surface area contributed by atoms with E-state index in [1.165, 1.54) is 0 Å². The molecule has 0 radical (unpaired) electrons. The highest BCUT2D eigenvalue weighted by Gasteiger charge is 2.67. The molecule has 0 bridgehead atoms. The van der Waals surface area contributed by atoms with Gasteiger partial charge in [-0.3, -0.25) is 0 Å². The van der Waals surface area contributed by atoms with Crippen LogP contribution in [-0.2, 0) is 9.47 Å². The first-order valence-corrected chi connectivity index (χ1v) is 15.4. The van der Waals surface area contributed by atoms with Crippen LogP contribution in [0.2, 0.25) is 0 Å². The summed E-state index contributed by atoms with van der Waals surface area (Å²) in [5.41, 5.74) is -0.442. The van der Waals surface area contributed by atoms with Crippen LogP contribution in [0.4, 0.5) is 0 Å². The van der Waals surface area contributed by atoms with E-state index in [4.69, 9.17) is 9.47 Å². The van der Waals surface area contributed by atoms with Crippen LogP contribution in [0.25, 0.3) is 0 Å². The summed E-state index contributed by atoms with van der Waals surface area (Å²) in [5, 5.41) is 42.3. The van der Waals surface area contributed by atoms with Gasteiger partial charge < -0.3 is 29.9 Å². The van der Waals surface area contributed by atoms with E-state index in [-0.39, 0.29) is 56.9 Å². The number of aliphatic hydroxyl groups excluding tert-OH is 4. The fraction of sp³-hybridized carbons (Fsp3) is 1.00. The van der Waals surface area contributed by atoms with Gasteiger partial charge in [0.2, 0.25) is 0 Å². The fourth-order valence-electron chi connectivity index (χ4n) is 11.6. The molecule has 2 heterocycles. The zero-order chi connectivity index (χ0) is 28.1. The molecule has 0 aromatic heterocycles. The number of aliphatic hydroxyl groups is 4. The van der Waals surface area contributed by atoms with Crippen molar-refractivity contribution in [3.8, 4) is 0 Å². The molecule has 12 atom stereocenters. The van der Waals surface area contributed by atoms with E-state index in [1.807, 2.05) is 0 Å². The highest BCUT2D eigenvalue weighted by atomic mass is 16.5. The molecule has 6 unspecified atom stereocenters. The van der Waals surface area contributed by atoms with Crippen molar-refractivity contribution in [3.05, 3.63) is 0 Å². The number of fused-ring (bicyclic) bond motifs is 6. The van der Waals surface area contributed by atoms with Crippen LogP contribution < -0.4 is 0 Å². The highest BCUT2D eigenvalue weighted by Crippen LogP contribution is 2.66. The van der Waals surface area contributed by atoms with Gasteiger partial charge in [0.15, 0.2) is 0 Å². The van der Waals surface area contributed by atoms with Gasteiger partial charge >= 0.3 is 0 Å². The maximum atomic E-state index is 10.7. The molecule has 4 N–H and O–H groups in total. The maximum absolute atomic E-state index is 10.7.